The first-order chi connectivity index (χ1) is 23.4. The molecule has 0 saturated heterocycles. The van der Waals surface area contributed by atoms with Gasteiger partial charge in [0.1, 0.15) is 5.75 Å². The van der Waals surface area contributed by atoms with Crippen LogP contribution in [0, 0.1) is 0 Å². The summed E-state index contributed by atoms with van der Waals surface area (Å²) in [5.74, 6) is 0.0381. The number of fused-ring (bicyclic) bond motifs is 1. The predicted octanol–water partition coefficient (Wildman–Crippen LogP) is 2.24. The molecule has 0 saturated carbocycles. The maximum atomic E-state index is 12.2. The Balaban J connectivity index is 0.998. The average molecular weight is 676 g/mol. The molecule has 1 aliphatic heterocycles. The largest absolute Gasteiger partial charge is 0.508 e. The molecule has 3 amide bonds. The van der Waals surface area contributed by atoms with E-state index in [0.717, 1.165) is 22.3 Å². The molecule has 0 fully saturated rings. The normalized spacial score (nSPS) is 12.2. The smallest absolute Gasteiger partial charge is 0.407 e. The van der Waals surface area contributed by atoms with Gasteiger partial charge in [-0.05, 0) is 40.8 Å². The third kappa shape index (κ3) is 16.4. The molecule has 0 radical (unpaired) electrons. The van der Waals surface area contributed by atoms with Crippen LogP contribution >= 0.6 is 0 Å². The van der Waals surface area contributed by atoms with Crippen molar-refractivity contribution in [3.63, 3.8) is 0 Å². The highest BCUT2D eigenvalue weighted by Gasteiger charge is 2.24. The van der Waals surface area contributed by atoms with Crippen molar-refractivity contribution in [1.29, 1.82) is 0 Å². The summed E-state index contributed by atoms with van der Waals surface area (Å²) < 4.78 is 32.8. The molecule has 4 N–H and O–H groups in total. The van der Waals surface area contributed by atoms with Crippen LogP contribution in [0.2, 0.25) is 0 Å². The van der Waals surface area contributed by atoms with Gasteiger partial charge in [-0.1, -0.05) is 30.3 Å². The highest BCUT2D eigenvalue weighted by Crippen LogP contribution is 2.26. The molecular formula is C34H49N3O11. The fourth-order valence-corrected chi connectivity index (χ4v) is 4.71. The fraction of sp³-hybridized carbons (Fsp3) is 0.559. The molecular weight excluding hydrogens is 626 g/mol. The van der Waals surface area contributed by atoms with Crippen LogP contribution in [0.5, 0.6) is 5.75 Å². The summed E-state index contributed by atoms with van der Waals surface area (Å²) in [5, 5.41) is 24.2. The Morgan fingerprint density at radius 2 is 1.19 bits per heavy atom. The predicted molar refractivity (Wildman–Crippen MR) is 175 cm³/mol. The molecule has 1 aliphatic rings. The fourth-order valence-electron chi connectivity index (χ4n) is 4.71. The van der Waals surface area contributed by atoms with Gasteiger partial charge in [0, 0.05) is 32.5 Å². The lowest BCUT2D eigenvalue weighted by atomic mass is 10.0. The summed E-state index contributed by atoms with van der Waals surface area (Å²) in [6, 6.07) is 12.5. The summed E-state index contributed by atoms with van der Waals surface area (Å²) in [6.45, 7) is 6.49. The topological polar surface area (TPSA) is 174 Å². The van der Waals surface area contributed by atoms with Gasteiger partial charge in [0.25, 0.3) is 0 Å². The maximum absolute atomic E-state index is 12.2. The monoisotopic (exact) mass is 675 g/mol. The third-order valence-electron chi connectivity index (χ3n) is 7.31. The van der Waals surface area contributed by atoms with Crippen LogP contribution < -0.4 is 10.6 Å². The van der Waals surface area contributed by atoms with Crippen LogP contribution in [-0.4, -0.2) is 119 Å². The number of phenols is 1. The van der Waals surface area contributed by atoms with E-state index in [0.29, 0.717) is 112 Å². The van der Waals surface area contributed by atoms with E-state index in [1.807, 2.05) is 18.2 Å². The molecule has 2 aromatic carbocycles. The lowest BCUT2D eigenvalue weighted by Gasteiger charge is -2.11. The van der Waals surface area contributed by atoms with E-state index in [4.69, 9.17) is 28.4 Å². The number of hydrogen-bond acceptors (Lipinski definition) is 10. The summed E-state index contributed by atoms with van der Waals surface area (Å²) in [4.78, 5) is 36.7. The number of benzene rings is 2. The van der Waals surface area contributed by atoms with Crippen LogP contribution in [0.25, 0.3) is 0 Å². The first-order valence-electron chi connectivity index (χ1n) is 16.3. The maximum Gasteiger partial charge on any atom is 0.407 e. The first kappa shape index (κ1) is 38.7. The van der Waals surface area contributed by atoms with E-state index in [9.17, 15) is 24.6 Å². The van der Waals surface area contributed by atoms with Crippen LogP contribution in [0.4, 0.5) is 4.79 Å². The second-order valence-corrected chi connectivity index (χ2v) is 10.9. The molecule has 1 heterocycles. The van der Waals surface area contributed by atoms with Crippen molar-refractivity contribution in [3.05, 3.63) is 64.7 Å². The van der Waals surface area contributed by atoms with Crippen molar-refractivity contribution in [2.45, 2.75) is 38.9 Å². The van der Waals surface area contributed by atoms with Crippen molar-refractivity contribution >= 4 is 17.9 Å². The molecule has 14 nitrogen and oxygen atoms in total. The average Bonchev–Trinajstić information content (AvgIpc) is 3.53. The SMILES string of the molecule is O=C(CCc1ccc(O)cc1)NCCOCCOCCOCCOCCOCCOCCC(=O)NCc1cccc2c1CN(C(=O)O)C2. The first-order valence-corrected chi connectivity index (χ1v) is 16.3. The van der Waals surface area contributed by atoms with Gasteiger partial charge in [-0.2, -0.15) is 0 Å². The molecule has 2 aromatic rings. The molecule has 0 aromatic heterocycles. The van der Waals surface area contributed by atoms with Crippen molar-refractivity contribution in [3.8, 4) is 5.75 Å². The van der Waals surface area contributed by atoms with Crippen LogP contribution in [-0.2, 0) is 64.1 Å². The van der Waals surface area contributed by atoms with Crippen molar-refractivity contribution in [2.24, 2.45) is 0 Å². The Bertz CT molecular complexity index is 1230. The Kier molecular flexibility index (Phi) is 18.9. The third-order valence-corrected chi connectivity index (χ3v) is 7.31. The number of phenolic OH excluding ortho intramolecular Hbond substituents is 1. The summed E-state index contributed by atoms with van der Waals surface area (Å²) in [7, 11) is 0. The molecule has 14 heteroatoms. The van der Waals surface area contributed by atoms with Gasteiger partial charge in [0.2, 0.25) is 11.8 Å². The zero-order valence-corrected chi connectivity index (χ0v) is 27.5. The number of nitrogens with zero attached hydrogens (tertiary/aromatic N) is 1. The molecule has 0 bridgehead atoms. The number of aromatic hydroxyl groups is 1. The number of carboxylic acid groups (broad SMARTS) is 1. The number of carbonyl (C=O) groups is 3. The van der Waals surface area contributed by atoms with Crippen LogP contribution in [0.1, 0.15) is 35.1 Å². The minimum Gasteiger partial charge on any atom is -0.508 e. The van der Waals surface area contributed by atoms with Gasteiger partial charge in [-0.3, -0.25) is 14.5 Å². The van der Waals surface area contributed by atoms with Gasteiger partial charge < -0.3 is 49.3 Å². The molecule has 266 valence electrons. The van der Waals surface area contributed by atoms with E-state index in [1.54, 1.807) is 24.3 Å². The van der Waals surface area contributed by atoms with E-state index in [1.165, 1.54) is 4.90 Å². The zero-order valence-electron chi connectivity index (χ0n) is 27.5. The molecule has 0 atom stereocenters. The summed E-state index contributed by atoms with van der Waals surface area (Å²) in [6.07, 6.45) is 0.275. The number of nitrogens with one attached hydrogen (secondary N) is 2. The molecule has 0 spiro atoms. The minimum absolute atomic E-state index is 0.0410. The lowest BCUT2D eigenvalue weighted by Crippen LogP contribution is -2.27. The van der Waals surface area contributed by atoms with Gasteiger partial charge >= 0.3 is 6.09 Å². The lowest BCUT2D eigenvalue weighted by molar-refractivity contribution is -0.122. The van der Waals surface area contributed by atoms with E-state index >= 15 is 0 Å². The second kappa shape index (κ2) is 23.5. The Morgan fingerprint density at radius 1 is 0.646 bits per heavy atom. The van der Waals surface area contributed by atoms with Crippen molar-refractivity contribution in [1.82, 2.24) is 15.5 Å². The van der Waals surface area contributed by atoms with Gasteiger partial charge in [0.05, 0.1) is 85.8 Å². The number of hydrogen-bond donors (Lipinski definition) is 4. The molecule has 3 rings (SSSR count). The Hall–Kier alpha value is -3.79. The number of aryl methyl sites for hydroxylation is 1. The highest BCUT2D eigenvalue weighted by atomic mass is 16.6. The number of amides is 3. The van der Waals surface area contributed by atoms with Gasteiger partial charge in [-0.25, -0.2) is 4.79 Å². The van der Waals surface area contributed by atoms with Crippen molar-refractivity contribution in [2.75, 3.05) is 85.8 Å². The number of carbonyl (C=O) groups excluding carboxylic acids is 2. The minimum atomic E-state index is -0.949. The second-order valence-electron chi connectivity index (χ2n) is 10.9. The van der Waals surface area contributed by atoms with Crippen molar-refractivity contribution < 1.29 is 53.0 Å². The van der Waals surface area contributed by atoms with Gasteiger partial charge in [-0.15, -0.1) is 0 Å². The van der Waals surface area contributed by atoms with Gasteiger partial charge in [0.15, 0.2) is 0 Å². The van der Waals surface area contributed by atoms with Crippen LogP contribution in [0.15, 0.2) is 42.5 Å². The van der Waals surface area contributed by atoms with E-state index in [-0.39, 0.29) is 30.6 Å². The molecule has 0 unspecified atom stereocenters. The summed E-state index contributed by atoms with van der Waals surface area (Å²) >= 11 is 0. The van der Waals surface area contributed by atoms with E-state index < -0.39 is 6.09 Å². The Morgan fingerprint density at radius 3 is 1.77 bits per heavy atom. The van der Waals surface area contributed by atoms with E-state index in [2.05, 4.69) is 10.6 Å². The standard InChI is InChI=1S/C34H49N3O11/c38-30-7-4-27(5-8-30)6-9-32(39)35-11-13-44-15-17-46-19-21-48-23-22-47-20-18-45-16-14-43-12-10-33(40)36-24-28-2-1-3-29-25-37(34(41)42)26-31(28)29/h1-5,7-8,38H,6,9-26H2,(H,35,39)(H,36,40)(H,41,42). The number of rotatable bonds is 26. The highest BCUT2D eigenvalue weighted by molar-refractivity contribution is 5.76. The van der Waals surface area contributed by atoms with Crippen LogP contribution in [0.3, 0.4) is 0 Å². The number of ether oxygens (including phenoxy) is 6. The Labute approximate surface area is 281 Å². The summed E-state index contributed by atoms with van der Waals surface area (Å²) in [5.41, 5.74) is 3.87. The molecule has 0 aliphatic carbocycles. The quantitative estimate of drug-likeness (QED) is 0.108. The zero-order chi connectivity index (χ0) is 34.2. The molecule has 48 heavy (non-hydrogen) atoms.